The molecule has 8 nitrogen and oxygen atoms in total. The topological polar surface area (TPSA) is 85.0 Å². The Morgan fingerprint density at radius 1 is 1.19 bits per heavy atom. The highest BCUT2D eigenvalue weighted by atomic mass is 16.5. The standard InChI is InChI=1S/C23H27N5O3/c1-17-13-23(31-18(17)2)27-25-16-20-14-21(28-8-11-29-12-9-28)15-22(26-20)30-10-6-19-5-3-4-7-24-19/h3-5,7,13-16,27H,6,8-12H2,1-2H3/b25-16-. The molecule has 0 radical (unpaired) electrons. The molecule has 1 saturated heterocycles. The molecule has 1 N–H and O–H groups in total. The predicted octanol–water partition coefficient (Wildman–Crippen LogP) is 3.59. The second-order valence-corrected chi connectivity index (χ2v) is 7.33. The van der Waals surface area contributed by atoms with E-state index in [4.69, 9.17) is 13.9 Å². The zero-order chi connectivity index (χ0) is 21.5. The summed E-state index contributed by atoms with van der Waals surface area (Å²) in [6.45, 7) is 7.49. The van der Waals surface area contributed by atoms with Crippen molar-refractivity contribution in [1.29, 1.82) is 0 Å². The number of hydrogen-bond donors (Lipinski definition) is 1. The number of nitrogens with one attached hydrogen (secondary N) is 1. The van der Waals surface area contributed by atoms with Gasteiger partial charge in [-0.15, -0.1) is 0 Å². The summed E-state index contributed by atoms with van der Waals surface area (Å²) >= 11 is 0. The number of morpholine rings is 1. The van der Waals surface area contributed by atoms with Crippen LogP contribution in [0.2, 0.25) is 0 Å². The van der Waals surface area contributed by atoms with E-state index in [2.05, 4.69) is 25.4 Å². The van der Waals surface area contributed by atoms with Crippen LogP contribution < -0.4 is 15.1 Å². The molecule has 0 spiro atoms. The molecule has 8 heteroatoms. The van der Waals surface area contributed by atoms with Crippen molar-refractivity contribution in [2.24, 2.45) is 5.10 Å². The van der Waals surface area contributed by atoms with E-state index in [9.17, 15) is 0 Å². The van der Waals surface area contributed by atoms with Crippen molar-refractivity contribution < 1.29 is 13.9 Å². The molecule has 0 atom stereocenters. The van der Waals surface area contributed by atoms with Crippen LogP contribution in [0, 0.1) is 13.8 Å². The minimum absolute atomic E-state index is 0.496. The Morgan fingerprint density at radius 2 is 2.06 bits per heavy atom. The van der Waals surface area contributed by atoms with Gasteiger partial charge in [0.1, 0.15) is 5.76 Å². The first-order valence-corrected chi connectivity index (χ1v) is 10.4. The monoisotopic (exact) mass is 421 g/mol. The first-order chi connectivity index (χ1) is 15.2. The van der Waals surface area contributed by atoms with Crippen LogP contribution in [0.4, 0.5) is 11.6 Å². The van der Waals surface area contributed by atoms with Crippen molar-refractivity contribution in [2.45, 2.75) is 20.3 Å². The summed E-state index contributed by atoms with van der Waals surface area (Å²) in [5, 5.41) is 4.28. The van der Waals surface area contributed by atoms with Crippen molar-refractivity contribution in [2.75, 3.05) is 43.2 Å². The van der Waals surface area contributed by atoms with Crippen molar-refractivity contribution in [3.8, 4) is 5.88 Å². The maximum Gasteiger partial charge on any atom is 0.215 e. The number of rotatable bonds is 8. The van der Waals surface area contributed by atoms with Crippen LogP contribution in [0.5, 0.6) is 5.88 Å². The summed E-state index contributed by atoms with van der Waals surface area (Å²) in [6, 6.07) is 11.7. The Bertz CT molecular complexity index is 994. The lowest BCUT2D eigenvalue weighted by molar-refractivity contribution is 0.122. The van der Waals surface area contributed by atoms with Crippen LogP contribution in [0.25, 0.3) is 0 Å². The van der Waals surface area contributed by atoms with Gasteiger partial charge in [0.05, 0.1) is 31.7 Å². The van der Waals surface area contributed by atoms with Gasteiger partial charge in [0.2, 0.25) is 11.8 Å². The van der Waals surface area contributed by atoms with Crippen molar-refractivity contribution in [3.63, 3.8) is 0 Å². The van der Waals surface area contributed by atoms with Gasteiger partial charge >= 0.3 is 0 Å². The van der Waals surface area contributed by atoms with E-state index in [0.717, 1.165) is 35.8 Å². The number of furan rings is 1. The summed E-state index contributed by atoms with van der Waals surface area (Å²) in [6.07, 6.45) is 4.17. The quantitative estimate of drug-likeness (QED) is 0.439. The second-order valence-electron chi connectivity index (χ2n) is 7.33. The van der Waals surface area contributed by atoms with Gasteiger partial charge in [0, 0.05) is 49.2 Å². The Labute approximate surface area is 181 Å². The Hall–Kier alpha value is -3.39. The molecule has 0 saturated carbocycles. The maximum absolute atomic E-state index is 5.96. The zero-order valence-electron chi connectivity index (χ0n) is 17.9. The fourth-order valence-electron chi connectivity index (χ4n) is 3.25. The van der Waals surface area contributed by atoms with Gasteiger partial charge in [-0.1, -0.05) is 6.07 Å². The van der Waals surface area contributed by atoms with E-state index in [1.807, 2.05) is 50.2 Å². The summed E-state index contributed by atoms with van der Waals surface area (Å²) < 4.78 is 17.0. The lowest BCUT2D eigenvalue weighted by atomic mass is 10.2. The van der Waals surface area contributed by atoms with Gasteiger partial charge in [-0.3, -0.25) is 4.98 Å². The number of hydrazone groups is 1. The van der Waals surface area contributed by atoms with Crippen LogP contribution in [0.3, 0.4) is 0 Å². The van der Waals surface area contributed by atoms with E-state index >= 15 is 0 Å². The minimum Gasteiger partial charge on any atom is -0.477 e. The number of nitrogens with zero attached hydrogens (tertiary/aromatic N) is 4. The van der Waals surface area contributed by atoms with E-state index in [1.54, 1.807) is 12.4 Å². The van der Waals surface area contributed by atoms with E-state index in [0.29, 0.717) is 43.7 Å². The van der Waals surface area contributed by atoms with Crippen LogP contribution in [-0.4, -0.2) is 49.1 Å². The third-order valence-corrected chi connectivity index (χ3v) is 5.05. The smallest absolute Gasteiger partial charge is 0.215 e. The number of hydrogen-bond acceptors (Lipinski definition) is 8. The van der Waals surface area contributed by atoms with Gasteiger partial charge in [-0.05, 0) is 37.6 Å². The lowest BCUT2D eigenvalue weighted by Crippen LogP contribution is -2.36. The Balaban J connectivity index is 1.47. The Kier molecular flexibility index (Phi) is 6.78. The van der Waals surface area contributed by atoms with E-state index < -0.39 is 0 Å². The molecule has 3 aromatic rings. The molecule has 162 valence electrons. The third kappa shape index (κ3) is 5.82. The minimum atomic E-state index is 0.496. The first kappa shape index (κ1) is 20.9. The summed E-state index contributed by atoms with van der Waals surface area (Å²) in [5.74, 6) is 2.03. The fraction of sp³-hybridized carbons (Fsp3) is 0.348. The van der Waals surface area contributed by atoms with Gasteiger partial charge in [0.25, 0.3) is 0 Å². The maximum atomic E-state index is 5.96. The molecule has 1 aliphatic heterocycles. The van der Waals surface area contributed by atoms with Crippen molar-refractivity contribution >= 4 is 17.8 Å². The molecule has 4 heterocycles. The average Bonchev–Trinajstić information content (AvgIpc) is 3.12. The average molecular weight is 422 g/mol. The van der Waals surface area contributed by atoms with Gasteiger partial charge < -0.3 is 18.8 Å². The molecule has 0 aromatic carbocycles. The van der Waals surface area contributed by atoms with E-state index in [1.165, 1.54) is 0 Å². The summed E-state index contributed by atoms with van der Waals surface area (Å²) in [4.78, 5) is 11.2. The molecular weight excluding hydrogens is 394 g/mol. The van der Waals surface area contributed by atoms with Gasteiger partial charge in [-0.2, -0.15) is 5.10 Å². The molecule has 0 amide bonds. The molecule has 0 bridgehead atoms. The molecule has 1 fully saturated rings. The molecule has 0 aliphatic carbocycles. The Morgan fingerprint density at radius 3 is 2.81 bits per heavy atom. The third-order valence-electron chi connectivity index (χ3n) is 5.05. The lowest BCUT2D eigenvalue weighted by Gasteiger charge is -2.29. The molecule has 0 unspecified atom stereocenters. The highest BCUT2D eigenvalue weighted by Gasteiger charge is 2.14. The SMILES string of the molecule is Cc1cc(N/N=C\c2cc(N3CCOCC3)cc(OCCc3ccccn3)n2)oc1C. The van der Waals surface area contributed by atoms with Crippen LogP contribution in [0.15, 0.2) is 52.1 Å². The number of aromatic nitrogens is 2. The van der Waals surface area contributed by atoms with Crippen LogP contribution in [0.1, 0.15) is 22.7 Å². The van der Waals surface area contributed by atoms with Crippen molar-refractivity contribution in [1.82, 2.24) is 9.97 Å². The predicted molar refractivity (Wildman–Crippen MR) is 120 cm³/mol. The zero-order valence-corrected chi connectivity index (χ0v) is 17.9. The molecule has 31 heavy (non-hydrogen) atoms. The molecule has 3 aromatic heterocycles. The molecular formula is C23H27N5O3. The summed E-state index contributed by atoms with van der Waals surface area (Å²) in [7, 11) is 0. The number of ether oxygens (including phenoxy) is 2. The number of anilines is 2. The van der Waals surface area contributed by atoms with Crippen LogP contribution in [-0.2, 0) is 11.2 Å². The molecule has 1 aliphatic rings. The van der Waals surface area contributed by atoms with Crippen LogP contribution >= 0.6 is 0 Å². The highest BCUT2D eigenvalue weighted by molar-refractivity contribution is 5.79. The normalized spacial score (nSPS) is 14.2. The highest BCUT2D eigenvalue weighted by Crippen LogP contribution is 2.22. The largest absolute Gasteiger partial charge is 0.477 e. The first-order valence-electron chi connectivity index (χ1n) is 10.4. The fourth-order valence-corrected chi connectivity index (χ4v) is 3.25. The van der Waals surface area contributed by atoms with E-state index in [-0.39, 0.29) is 0 Å². The summed E-state index contributed by atoms with van der Waals surface area (Å²) in [5.41, 5.74) is 6.72. The second kappa shape index (κ2) is 10.1. The van der Waals surface area contributed by atoms with Gasteiger partial charge in [-0.25, -0.2) is 10.4 Å². The van der Waals surface area contributed by atoms with Gasteiger partial charge in [0.15, 0.2) is 0 Å². The number of aryl methyl sites for hydroxylation is 2. The molecule has 4 rings (SSSR count). The number of pyridine rings is 2. The van der Waals surface area contributed by atoms with Crippen molar-refractivity contribution in [3.05, 3.63) is 65.3 Å².